The maximum Gasteiger partial charge on any atom is 0.181 e. The number of aromatic nitrogens is 4. The van der Waals surface area contributed by atoms with Gasteiger partial charge in [-0.2, -0.15) is 10.2 Å². The van der Waals surface area contributed by atoms with Crippen molar-refractivity contribution in [1.29, 1.82) is 0 Å². The van der Waals surface area contributed by atoms with Gasteiger partial charge in [0.15, 0.2) is 5.78 Å². The molecule has 0 bridgehead atoms. The molecule has 0 unspecified atom stereocenters. The summed E-state index contributed by atoms with van der Waals surface area (Å²) in [7, 11) is 3.71. The quantitative estimate of drug-likeness (QED) is 0.770. The molecule has 2 heterocycles. The zero-order valence-corrected chi connectivity index (χ0v) is 11.3. The third-order valence-corrected chi connectivity index (χ3v) is 3.37. The van der Waals surface area contributed by atoms with Crippen LogP contribution in [0.15, 0.2) is 12.3 Å². The highest BCUT2D eigenvalue weighted by Gasteiger charge is 2.14. The first-order chi connectivity index (χ1) is 8.50. The lowest BCUT2D eigenvalue weighted by Crippen LogP contribution is -2.08. The Morgan fingerprint density at radius 3 is 2.50 bits per heavy atom. The van der Waals surface area contributed by atoms with E-state index in [0.717, 1.165) is 17.8 Å². The van der Waals surface area contributed by atoms with E-state index >= 15 is 0 Å². The molecule has 2 aromatic rings. The molecule has 0 saturated carbocycles. The van der Waals surface area contributed by atoms with Gasteiger partial charge in [0.25, 0.3) is 0 Å². The third kappa shape index (κ3) is 2.20. The van der Waals surface area contributed by atoms with E-state index in [4.69, 9.17) is 0 Å². The van der Waals surface area contributed by atoms with Gasteiger partial charge in [-0.1, -0.05) is 0 Å². The summed E-state index contributed by atoms with van der Waals surface area (Å²) in [5.41, 5.74) is 3.97. The van der Waals surface area contributed by atoms with Crippen LogP contribution in [0.1, 0.15) is 33.9 Å². The average Bonchev–Trinajstić information content (AvgIpc) is 2.83. The second-order valence-electron chi connectivity index (χ2n) is 4.54. The summed E-state index contributed by atoms with van der Waals surface area (Å²) in [6.45, 7) is 4.01. The van der Waals surface area contributed by atoms with Gasteiger partial charge < -0.3 is 0 Å². The van der Waals surface area contributed by atoms with Gasteiger partial charge in [0.1, 0.15) is 5.69 Å². The lowest BCUT2D eigenvalue weighted by molar-refractivity contribution is 0.0973. The maximum absolute atomic E-state index is 12.0. The van der Waals surface area contributed by atoms with Gasteiger partial charge in [-0.05, 0) is 31.9 Å². The minimum absolute atomic E-state index is 0.123. The summed E-state index contributed by atoms with van der Waals surface area (Å²) < 4.78 is 3.48. The van der Waals surface area contributed by atoms with Gasteiger partial charge in [0.05, 0.1) is 5.69 Å². The molecule has 5 nitrogen and oxygen atoms in total. The van der Waals surface area contributed by atoms with Crippen molar-refractivity contribution in [2.45, 2.75) is 26.7 Å². The molecule has 2 rings (SSSR count). The van der Waals surface area contributed by atoms with Crippen LogP contribution in [0.5, 0.6) is 0 Å². The minimum Gasteiger partial charge on any atom is -0.292 e. The normalized spacial score (nSPS) is 10.9. The smallest absolute Gasteiger partial charge is 0.181 e. The minimum atomic E-state index is 0.123. The van der Waals surface area contributed by atoms with Crippen LogP contribution < -0.4 is 0 Å². The Hall–Kier alpha value is -1.91. The van der Waals surface area contributed by atoms with Crippen LogP contribution in [-0.4, -0.2) is 25.3 Å². The topological polar surface area (TPSA) is 52.7 Å². The Balaban J connectivity index is 2.09. The fourth-order valence-corrected chi connectivity index (χ4v) is 2.19. The number of aryl methyl sites for hydroxylation is 3. The summed E-state index contributed by atoms with van der Waals surface area (Å²) in [5, 5.41) is 8.37. The first-order valence-electron chi connectivity index (χ1n) is 6.01. The van der Waals surface area contributed by atoms with Crippen molar-refractivity contribution in [3.63, 3.8) is 0 Å². The Kier molecular flexibility index (Phi) is 3.32. The zero-order valence-electron chi connectivity index (χ0n) is 11.3. The van der Waals surface area contributed by atoms with Gasteiger partial charge >= 0.3 is 0 Å². The van der Waals surface area contributed by atoms with E-state index in [1.54, 1.807) is 24.0 Å². The molecule has 5 heteroatoms. The Labute approximate surface area is 106 Å². The summed E-state index contributed by atoms with van der Waals surface area (Å²) in [5.74, 6) is 0.123. The van der Waals surface area contributed by atoms with E-state index in [0.29, 0.717) is 12.1 Å². The van der Waals surface area contributed by atoms with Crippen LogP contribution in [0, 0.1) is 13.8 Å². The molecule has 0 aliphatic carbocycles. The molecule has 0 aliphatic rings. The van der Waals surface area contributed by atoms with Crippen LogP contribution in [0.25, 0.3) is 0 Å². The zero-order chi connectivity index (χ0) is 13.3. The molecule has 0 aliphatic heterocycles. The Morgan fingerprint density at radius 2 is 2.00 bits per heavy atom. The predicted octanol–water partition coefficient (Wildman–Crippen LogP) is 1.59. The SMILES string of the molecule is Cc1nn(C)c(C)c1CCC(=O)c1ccnn1C. The molecular weight excluding hydrogens is 228 g/mol. The molecule has 96 valence electrons. The molecule has 0 N–H and O–H groups in total. The van der Waals surface area contributed by atoms with Crippen molar-refractivity contribution in [3.05, 3.63) is 34.9 Å². The third-order valence-electron chi connectivity index (χ3n) is 3.37. The fraction of sp³-hybridized carbons (Fsp3) is 0.462. The number of Topliss-reactive ketones (excluding diaryl/α,β-unsaturated/α-hetero) is 1. The number of nitrogens with zero attached hydrogens (tertiary/aromatic N) is 4. The van der Waals surface area contributed by atoms with Crippen molar-refractivity contribution in [1.82, 2.24) is 19.6 Å². The highest BCUT2D eigenvalue weighted by atomic mass is 16.1. The first kappa shape index (κ1) is 12.5. The second kappa shape index (κ2) is 4.76. The van der Waals surface area contributed by atoms with E-state index in [2.05, 4.69) is 10.2 Å². The number of carbonyl (C=O) groups excluding carboxylic acids is 1. The molecule has 0 atom stereocenters. The first-order valence-corrected chi connectivity index (χ1v) is 6.01. The van der Waals surface area contributed by atoms with Crippen molar-refractivity contribution in [3.8, 4) is 0 Å². The van der Waals surface area contributed by atoms with Crippen LogP contribution in [0.2, 0.25) is 0 Å². The number of ketones is 1. The second-order valence-corrected chi connectivity index (χ2v) is 4.54. The van der Waals surface area contributed by atoms with Gasteiger partial charge in [-0.25, -0.2) is 0 Å². The lowest BCUT2D eigenvalue weighted by atomic mass is 10.0. The summed E-state index contributed by atoms with van der Waals surface area (Å²) in [4.78, 5) is 12.0. The van der Waals surface area contributed by atoms with Gasteiger partial charge in [-0.15, -0.1) is 0 Å². The summed E-state index contributed by atoms with van der Waals surface area (Å²) in [6.07, 6.45) is 2.87. The molecule has 2 aromatic heterocycles. The van der Waals surface area contributed by atoms with Crippen LogP contribution in [0.3, 0.4) is 0 Å². The highest BCUT2D eigenvalue weighted by Crippen LogP contribution is 2.15. The van der Waals surface area contributed by atoms with E-state index in [1.165, 1.54) is 5.56 Å². The number of hydrogen-bond acceptors (Lipinski definition) is 3. The largest absolute Gasteiger partial charge is 0.292 e. The monoisotopic (exact) mass is 246 g/mol. The summed E-state index contributed by atoms with van der Waals surface area (Å²) >= 11 is 0. The molecule has 0 amide bonds. The predicted molar refractivity (Wildman–Crippen MR) is 68.5 cm³/mol. The molecule has 0 aromatic carbocycles. The molecule has 18 heavy (non-hydrogen) atoms. The van der Waals surface area contributed by atoms with Crippen molar-refractivity contribution < 1.29 is 4.79 Å². The summed E-state index contributed by atoms with van der Waals surface area (Å²) in [6, 6.07) is 1.76. The van der Waals surface area contributed by atoms with Crippen LogP contribution in [0.4, 0.5) is 0 Å². The highest BCUT2D eigenvalue weighted by molar-refractivity contribution is 5.94. The fourth-order valence-electron chi connectivity index (χ4n) is 2.19. The van der Waals surface area contributed by atoms with Gasteiger partial charge in [0.2, 0.25) is 0 Å². The molecular formula is C13H18N4O. The molecule has 0 fully saturated rings. The van der Waals surface area contributed by atoms with E-state index < -0.39 is 0 Å². The maximum atomic E-state index is 12.0. The Bertz CT molecular complexity index is 580. The van der Waals surface area contributed by atoms with Crippen LogP contribution in [-0.2, 0) is 20.5 Å². The molecule has 0 saturated heterocycles. The number of carbonyl (C=O) groups is 1. The molecule has 0 spiro atoms. The average molecular weight is 246 g/mol. The standard InChI is InChI=1S/C13H18N4O/c1-9-11(10(2)16(3)15-9)5-6-13(18)12-7-8-14-17(12)4/h7-8H,5-6H2,1-4H3. The number of rotatable bonds is 4. The van der Waals surface area contributed by atoms with Gasteiger partial charge in [0, 0.05) is 32.4 Å². The van der Waals surface area contributed by atoms with Crippen LogP contribution >= 0.6 is 0 Å². The van der Waals surface area contributed by atoms with Gasteiger partial charge in [-0.3, -0.25) is 14.2 Å². The molecule has 0 radical (unpaired) electrons. The van der Waals surface area contributed by atoms with E-state index in [1.807, 2.05) is 25.6 Å². The van der Waals surface area contributed by atoms with E-state index in [-0.39, 0.29) is 5.78 Å². The van der Waals surface area contributed by atoms with E-state index in [9.17, 15) is 4.79 Å². The lowest BCUT2D eigenvalue weighted by Gasteiger charge is -2.03. The Morgan fingerprint density at radius 1 is 1.28 bits per heavy atom. The van der Waals surface area contributed by atoms with Crippen molar-refractivity contribution in [2.24, 2.45) is 14.1 Å². The van der Waals surface area contributed by atoms with Crippen molar-refractivity contribution in [2.75, 3.05) is 0 Å². The number of hydrogen-bond donors (Lipinski definition) is 0. The van der Waals surface area contributed by atoms with Crippen molar-refractivity contribution >= 4 is 5.78 Å².